The summed E-state index contributed by atoms with van der Waals surface area (Å²) >= 11 is 0. The molecular weight excluding hydrogens is 629 g/mol. The Kier molecular flexibility index (Phi) is 9.68. The Balaban J connectivity index is 1.57. The van der Waals surface area contributed by atoms with E-state index in [9.17, 15) is 0 Å². The number of hydrogen-bond acceptors (Lipinski definition) is 2. The molecule has 6 aromatic rings. The van der Waals surface area contributed by atoms with Gasteiger partial charge in [0.1, 0.15) is 0 Å². The number of rotatable bonds is 5. The third-order valence-electron chi connectivity index (χ3n) is 9.93. The normalized spacial score (nSPS) is 12.6. The van der Waals surface area contributed by atoms with Gasteiger partial charge >= 0.3 is 0 Å². The lowest BCUT2D eigenvalue weighted by Crippen LogP contribution is -2.20. The van der Waals surface area contributed by atoms with Gasteiger partial charge in [-0.2, -0.15) is 0 Å². The first-order valence-electron chi connectivity index (χ1n) is 18.8. The van der Waals surface area contributed by atoms with Crippen molar-refractivity contribution >= 4 is 0 Å². The topological polar surface area (TPSA) is 25.8 Å². The first kappa shape index (κ1) is 37.0. The Morgan fingerprint density at radius 2 is 0.442 bits per heavy atom. The lowest BCUT2D eigenvalue weighted by atomic mass is 9.82. The number of nitrogens with zero attached hydrogens (tertiary/aromatic N) is 2. The molecule has 0 aliphatic heterocycles. The Hall–Kier alpha value is -4.82. The zero-order chi connectivity index (χ0) is 37.6. The van der Waals surface area contributed by atoms with Crippen molar-refractivity contribution in [3.63, 3.8) is 0 Å². The number of hydrogen-bond donors (Lipinski definition) is 0. The Labute approximate surface area is 313 Å². The minimum Gasteiger partial charge on any atom is -0.257 e. The zero-order valence-corrected chi connectivity index (χ0v) is 33.4. The third kappa shape index (κ3) is 7.68. The van der Waals surface area contributed by atoms with Gasteiger partial charge in [-0.1, -0.05) is 180 Å². The van der Waals surface area contributed by atoms with Gasteiger partial charge in [0, 0.05) is 44.4 Å². The summed E-state index contributed by atoms with van der Waals surface area (Å²) in [6.07, 6.45) is 0. The monoisotopic (exact) mass is 684 g/mol. The van der Waals surface area contributed by atoms with Crippen molar-refractivity contribution in [2.45, 2.75) is 105 Å². The fraction of sp³-hybridized carbons (Fsp3) is 0.320. The molecule has 2 heteroatoms. The van der Waals surface area contributed by atoms with Crippen molar-refractivity contribution in [1.82, 2.24) is 9.97 Å². The summed E-state index contributed by atoms with van der Waals surface area (Å²) in [5.41, 5.74) is 16.2. The second-order valence-electron chi connectivity index (χ2n) is 18.4. The van der Waals surface area contributed by atoms with Gasteiger partial charge in [-0.3, -0.25) is 9.97 Å². The summed E-state index contributed by atoms with van der Waals surface area (Å²) < 4.78 is 0. The van der Waals surface area contributed by atoms with Crippen molar-refractivity contribution in [2.75, 3.05) is 0 Å². The van der Waals surface area contributed by atoms with Crippen molar-refractivity contribution in [3.8, 4) is 55.6 Å². The van der Waals surface area contributed by atoms with Crippen molar-refractivity contribution in [3.05, 3.63) is 144 Å². The molecule has 2 heterocycles. The highest BCUT2D eigenvalue weighted by Gasteiger charge is 2.26. The van der Waals surface area contributed by atoms with Gasteiger partial charge in [0.05, 0.1) is 0 Å². The lowest BCUT2D eigenvalue weighted by Gasteiger charge is -2.26. The van der Waals surface area contributed by atoms with Crippen LogP contribution in [0.2, 0.25) is 0 Å². The van der Waals surface area contributed by atoms with Gasteiger partial charge in [0.2, 0.25) is 0 Å². The fourth-order valence-corrected chi connectivity index (χ4v) is 6.75. The highest BCUT2D eigenvalue weighted by atomic mass is 14.8. The Morgan fingerprint density at radius 1 is 0.269 bits per heavy atom. The molecule has 0 N–H and O–H groups in total. The molecule has 2 nitrogen and oxygen atoms in total. The zero-order valence-electron chi connectivity index (χ0n) is 33.4. The van der Waals surface area contributed by atoms with E-state index in [-0.39, 0.29) is 21.7 Å². The molecule has 0 unspecified atom stereocenters. The SMILES string of the molecule is CC(C)(C)c1cc(-c2ccccc2-c2ccccc2-c2ccccc2-c2ccccc2-c2cc(C(C)(C)C)nc(C(C)(C)C)c2)cc(C(C)(C)C)n1. The predicted molar refractivity (Wildman–Crippen MR) is 224 cm³/mol. The van der Waals surface area contributed by atoms with Crippen LogP contribution >= 0.6 is 0 Å². The van der Waals surface area contributed by atoms with Gasteiger partial charge in [-0.25, -0.2) is 0 Å². The number of benzene rings is 4. The molecule has 6 rings (SSSR count). The van der Waals surface area contributed by atoms with Crippen LogP contribution in [0, 0.1) is 0 Å². The molecule has 0 atom stereocenters. The maximum absolute atomic E-state index is 5.18. The van der Waals surface area contributed by atoms with E-state index < -0.39 is 0 Å². The highest BCUT2D eigenvalue weighted by Crippen LogP contribution is 2.45. The van der Waals surface area contributed by atoms with Crippen LogP contribution in [0.5, 0.6) is 0 Å². The fourth-order valence-electron chi connectivity index (χ4n) is 6.75. The van der Waals surface area contributed by atoms with E-state index in [2.05, 4.69) is 204 Å². The molecule has 0 amide bonds. The summed E-state index contributed by atoms with van der Waals surface area (Å²) in [5.74, 6) is 0. The minimum absolute atomic E-state index is 0.0781. The summed E-state index contributed by atoms with van der Waals surface area (Å²) in [6.45, 7) is 27.0. The summed E-state index contributed by atoms with van der Waals surface area (Å²) in [7, 11) is 0. The molecule has 52 heavy (non-hydrogen) atoms. The second-order valence-corrected chi connectivity index (χ2v) is 18.4. The summed E-state index contributed by atoms with van der Waals surface area (Å²) in [6, 6.07) is 44.7. The summed E-state index contributed by atoms with van der Waals surface area (Å²) in [5, 5.41) is 0. The van der Waals surface area contributed by atoms with Gasteiger partial charge < -0.3 is 0 Å². The first-order chi connectivity index (χ1) is 24.3. The molecule has 0 radical (unpaired) electrons. The van der Waals surface area contributed by atoms with Gasteiger partial charge in [0.15, 0.2) is 0 Å². The van der Waals surface area contributed by atoms with Crippen LogP contribution < -0.4 is 0 Å². The third-order valence-corrected chi connectivity index (χ3v) is 9.93. The summed E-state index contributed by atoms with van der Waals surface area (Å²) in [4.78, 5) is 10.4. The van der Waals surface area contributed by atoms with Crippen LogP contribution in [0.1, 0.15) is 106 Å². The Bertz CT molecular complexity index is 2000. The van der Waals surface area contributed by atoms with Crippen molar-refractivity contribution < 1.29 is 0 Å². The maximum Gasteiger partial charge on any atom is 0.0466 e. The van der Waals surface area contributed by atoms with E-state index >= 15 is 0 Å². The highest BCUT2D eigenvalue weighted by molar-refractivity contribution is 5.98. The number of pyridine rings is 2. The van der Waals surface area contributed by atoms with E-state index in [0.717, 1.165) is 22.8 Å². The van der Waals surface area contributed by atoms with Gasteiger partial charge in [-0.05, 0) is 79.9 Å². The first-order valence-corrected chi connectivity index (χ1v) is 18.8. The number of aromatic nitrogens is 2. The second kappa shape index (κ2) is 13.6. The largest absolute Gasteiger partial charge is 0.257 e. The van der Waals surface area contributed by atoms with E-state index in [1.165, 1.54) is 55.6 Å². The van der Waals surface area contributed by atoms with Crippen LogP contribution in [-0.4, -0.2) is 9.97 Å². The van der Waals surface area contributed by atoms with Crippen LogP contribution in [0.15, 0.2) is 121 Å². The van der Waals surface area contributed by atoms with Gasteiger partial charge in [-0.15, -0.1) is 0 Å². The van der Waals surface area contributed by atoms with Crippen LogP contribution in [0.25, 0.3) is 55.6 Å². The molecule has 0 fully saturated rings. The smallest absolute Gasteiger partial charge is 0.0466 e. The standard InChI is InChI=1S/C50H56N2/c1-47(2,3)43-29-33(30-44(51-43)48(4,5)6)35-21-13-15-23-37(35)39-25-17-19-27-41(39)42-28-20-18-26-40(42)38-24-16-14-22-36(38)34-31-45(49(7,8)9)52-46(32-34)50(10,11)12/h13-32H,1-12H3. The molecule has 0 spiro atoms. The molecule has 0 aliphatic rings. The molecule has 4 aromatic carbocycles. The lowest BCUT2D eigenvalue weighted by molar-refractivity contribution is 0.531. The van der Waals surface area contributed by atoms with Crippen LogP contribution in [0.3, 0.4) is 0 Å². The van der Waals surface area contributed by atoms with E-state index in [0.29, 0.717) is 0 Å². The van der Waals surface area contributed by atoms with E-state index in [4.69, 9.17) is 9.97 Å². The molecule has 0 aliphatic carbocycles. The molecular formula is C50H56N2. The predicted octanol–water partition coefficient (Wildman–Crippen LogP) is 14.0. The molecule has 266 valence electrons. The van der Waals surface area contributed by atoms with Crippen molar-refractivity contribution in [1.29, 1.82) is 0 Å². The minimum atomic E-state index is -0.0781. The molecule has 0 saturated heterocycles. The molecule has 2 aromatic heterocycles. The van der Waals surface area contributed by atoms with Gasteiger partial charge in [0.25, 0.3) is 0 Å². The maximum atomic E-state index is 5.18. The van der Waals surface area contributed by atoms with Crippen LogP contribution in [-0.2, 0) is 21.7 Å². The van der Waals surface area contributed by atoms with E-state index in [1.807, 2.05) is 0 Å². The average molecular weight is 685 g/mol. The van der Waals surface area contributed by atoms with E-state index in [1.54, 1.807) is 0 Å². The quantitative estimate of drug-likeness (QED) is 0.181. The van der Waals surface area contributed by atoms with Crippen LogP contribution in [0.4, 0.5) is 0 Å². The average Bonchev–Trinajstić information content (AvgIpc) is 3.10. The molecule has 0 saturated carbocycles. The van der Waals surface area contributed by atoms with Crippen molar-refractivity contribution in [2.24, 2.45) is 0 Å². The Morgan fingerprint density at radius 3 is 0.635 bits per heavy atom. The molecule has 0 bridgehead atoms.